The quantitative estimate of drug-likeness (QED) is 0.514. The van der Waals surface area contributed by atoms with Gasteiger partial charge in [0.25, 0.3) is 5.91 Å². The van der Waals surface area contributed by atoms with E-state index in [-0.39, 0.29) is 11.4 Å². The summed E-state index contributed by atoms with van der Waals surface area (Å²) in [5.74, 6) is 0.526. The Hall–Kier alpha value is -1.61. The van der Waals surface area contributed by atoms with Crippen LogP contribution in [0.25, 0.3) is 0 Å². The summed E-state index contributed by atoms with van der Waals surface area (Å²) in [5, 5.41) is 3.20. The fourth-order valence-electron chi connectivity index (χ4n) is 3.27. The molecule has 0 saturated carbocycles. The average Bonchev–Trinajstić information content (AvgIpc) is 2.58. The molecule has 2 nitrogen and oxygen atoms in total. The van der Waals surface area contributed by atoms with Crippen LogP contribution in [-0.2, 0) is 0 Å². The first-order valence-corrected chi connectivity index (χ1v) is 10.2. The van der Waals surface area contributed by atoms with Crippen LogP contribution < -0.4 is 5.32 Å². The van der Waals surface area contributed by atoms with E-state index >= 15 is 0 Å². The first kappa shape index (κ1) is 20.7. The lowest BCUT2D eigenvalue weighted by atomic mass is 9.85. The fourth-order valence-corrected chi connectivity index (χ4v) is 3.69. The van der Waals surface area contributed by atoms with Gasteiger partial charge in [-0.15, -0.1) is 0 Å². The number of amides is 1. The number of rotatable bonds is 8. The van der Waals surface area contributed by atoms with Crippen LogP contribution in [-0.4, -0.2) is 11.4 Å². The number of benzene rings is 2. The summed E-state index contributed by atoms with van der Waals surface area (Å²) in [7, 11) is 0. The van der Waals surface area contributed by atoms with E-state index in [2.05, 4.69) is 66.3 Å². The first-order valence-electron chi connectivity index (χ1n) is 9.45. The van der Waals surface area contributed by atoms with Gasteiger partial charge in [-0.3, -0.25) is 4.79 Å². The maximum atomic E-state index is 12.5. The Kier molecular flexibility index (Phi) is 7.45. The molecular formula is C23H30BrNO. The lowest BCUT2D eigenvalue weighted by Gasteiger charge is -2.29. The Morgan fingerprint density at radius 3 is 2.42 bits per heavy atom. The summed E-state index contributed by atoms with van der Waals surface area (Å²) >= 11 is 3.58. The Labute approximate surface area is 166 Å². The second-order valence-electron chi connectivity index (χ2n) is 7.78. The number of aryl methyl sites for hydroxylation is 1. The molecular weight excluding hydrogens is 386 g/mol. The van der Waals surface area contributed by atoms with E-state index in [1.165, 1.54) is 12.0 Å². The second-order valence-corrected chi connectivity index (χ2v) is 8.70. The molecule has 2 rings (SSSR count). The van der Waals surface area contributed by atoms with Crippen LogP contribution in [0.1, 0.15) is 73.9 Å². The fraction of sp³-hybridized carbons (Fsp3) is 0.435. The van der Waals surface area contributed by atoms with Crippen molar-refractivity contribution in [3.63, 3.8) is 0 Å². The van der Waals surface area contributed by atoms with E-state index in [1.807, 2.05) is 31.2 Å². The van der Waals surface area contributed by atoms with Crippen LogP contribution in [0.4, 0.5) is 0 Å². The van der Waals surface area contributed by atoms with Crippen LogP contribution in [0.5, 0.6) is 0 Å². The van der Waals surface area contributed by atoms with Gasteiger partial charge in [-0.1, -0.05) is 59.1 Å². The van der Waals surface area contributed by atoms with Gasteiger partial charge < -0.3 is 5.32 Å². The van der Waals surface area contributed by atoms with Crippen molar-refractivity contribution in [3.8, 4) is 0 Å². The van der Waals surface area contributed by atoms with Crippen molar-refractivity contribution in [2.45, 2.75) is 64.8 Å². The molecule has 0 bridgehead atoms. The number of carbonyl (C=O) groups is 1. The second kappa shape index (κ2) is 9.36. The van der Waals surface area contributed by atoms with Crippen molar-refractivity contribution in [1.29, 1.82) is 0 Å². The highest BCUT2D eigenvalue weighted by Gasteiger charge is 2.23. The molecule has 0 spiro atoms. The SMILES string of the molecule is CCCC(CCC(C)(C)NC(=O)c1ccc(C)cc1)c1cccc(Br)c1. The first-order chi connectivity index (χ1) is 12.3. The topological polar surface area (TPSA) is 29.1 Å². The number of hydrogen-bond acceptors (Lipinski definition) is 1. The summed E-state index contributed by atoms with van der Waals surface area (Å²) in [5.41, 5.74) is 3.03. The zero-order valence-electron chi connectivity index (χ0n) is 16.3. The molecule has 1 atom stereocenters. The van der Waals surface area contributed by atoms with Gasteiger partial charge in [0.2, 0.25) is 0 Å². The van der Waals surface area contributed by atoms with Crippen LogP contribution in [0.3, 0.4) is 0 Å². The van der Waals surface area contributed by atoms with Crippen molar-refractivity contribution >= 4 is 21.8 Å². The standard InChI is InChI=1S/C23H30BrNO/c1-5-7-18(20-8-6-9-21(24)16-20)14-15-23(3,4)25-22(26)19-12-10-17(2)11-13-19/h6,8-13,16,18H,5,7,14-15H2,1-4H3,(H,25,26). The molecule has 0 saturated heterocycles. The maximum absolute atomic E-state index is 12.5. The van der Waals surface area contributed by atoms with E-state index < -0.39 is 0 Å². The molecule has 0 aliphatic rings. The van der Waals surface area contributed by atoms with Crippen molar-refractivity contribution < 1.29 is 4.79 Å². The molecule has 2 aromatic rings. The Morgan fingerprint density at radius 1 is 1.12 bits per heavy atom. The summed E-state index contributed by atoms with van der Waals surface area (Å²) in [4.78, 5) is 12.5. The summed E-state index contributed by atoms with van der Waals surface area (Å²) in [6, 6.07) is 16.3. The van der Waals surface area contributed by atoms with Gasteiger partial charge >= 0.3 is 0 Å². The molecule has 1 amide bonds. The maximum Gasteiger partial charge on any atom is 0.251 e. The average molecular weight is 416 g/mol. The normalized spacial score (nSPS) is 12.7. The highest BCUT2D eigenvalue weighted by atomic mass is 79.9. The van der Waals surface area contributed by atoms with Crippen molar-refractivity contribution in [2.75, 3.05) is 0 Å². The van der Waals surface area contributed by atoms with E-state index in [4.69, 9.17) is 0 Å². The lowest BCUT2D eigenvalue weighted by molar-refractivity contribution is 0.0907. The molecule has 2 aromatic carbocycles. The molecule has 0 aliphatic heterocycles. The number of nitrogens with one attached hydrogen (secondary N) is 1. The van der Waals surface area contributed by atoms with Crippen molar-refractivity contribution in [2.24, 2.45) is 0 Å². The minimum Gasteiger partial charge on any atom is -0.347 e. The summed E-state index contributed by atoms with van der Waals surface area (Å²) < 4.78 is 1.13. The van der Waals surface area contributed by atoms with Gasteiger partial charge in [0.15, 0.2) is 0 Å². The Morgan fingerprint density at radius 2 is 1.81 bits per heavy atom. The lowest BCUT2D eigenvalue weighted by Crippen LogP contribution is -2.43. The van der Waals surface area contributed by atoms with Crippen molar-refractivity contribution in [1.82, 2.24) is 5.32 Å². The zero-order chi connectivity index (χ0) is 19.2. The molecule has 0 radical (unpaired) electrons. The largest absolute Gasteiger partial charge is 0.347 e. The van der Waals surface area contributed by atoms with Gasteiger partial charge in [0.1, 0.15) is 0 Å². The molecule has 140 valence electrons. The molecule has 0 heterocycles. The number of carbonyl (C=O) groups excluding carboxylic acids is 1. The van der Waals surface area contributed by atoms with E-state index in [1.54, 1.807) is 0 Å². The molecule has 0 aromatic heterocycles. The smallest absolute Gasteiger partial charge is 0.251 e. The van der Waals surface area contributed by atoms with Crippen LogP contribution in [0.15, 0.2) is 53.0 Å². The molecule has 0 fully saturated rings. The van der Waals surface area contributed by atoms with E-state index in [0.717, 1.165) is 34.9 Å². The van der Waals surface area contributed by atoms with Crippen LogP contribution >= 0.6 is 15.9 Å². The van der Waals surface area contributed by atoms with Crippen molar-refractivity contribution in [3.05, 3.63) is 69.7 Å². The molecule has 0 aliphatic carbocycles. The van der Waals surface area contributed by atoms with Gasteiger partial charge in [-0.2, -0.15) is 0 Å². The molecule has 26 heavy (non-hydrogen) atoms. The van der Waals surface area contributed by atoms with Gasteiger partial charge in [0.05, 0.1) is 0 Å². The van der Waals surface area contributed by atoms with Gasteiger partial charge in [0, 0.05) is 15.6 Å². The predicted octanol–water partition coefficient (Wildman–Crippen LogP) is 6.63. The molecule has 3 heteroatoms. The summed E-state index contributed by atoms with van der Waals surface area (Å²) in [6.45, 7) is 8.49. The highest BCUT2D eigenvalue weighted by molar-refractivity contribution is 9.10. The van der Waals surface area contributed by atoms with Gasteiger partial charge in [-0.05, 0) is 75.8 Å². The predicted molar refractivity (Wildman–Crippen MR) is 114 cm³/mol. The number of hydrogen-bond donors (Lipinski definition) is 1. The summed E-state index contributed by atoms with van der Waals surface area (Å²) in [6.07, 6.45) is 4.33. The highest BCUT2D eigenvalue weighted by Crippen LogP contribution is 2.30. The monoisotopic (exact) mass is 415 g/mol. The minimum absolute atomic E-state index is 0.00416. The third-order valence-corrected chi connectivity index (χ3v) is 5.33. The number of halogens is 1. The van der Waals surface area contributed by atoms with E-state index in [9.17, 15) is 4.79 Å². The Bertz CT molecular complexity index is 721. The minimum atomic E-state index is -0.236. The van der Waals surface area contributed by atoms with Crippen LogP contribution in [0, 0.1) is 6.92 Å². The van der Waals surface area contributed by atoms with Gasteiger partial charge in [-0.25, -0.2) is 0 Å². The third kappa shape index (κ3) is 6.28. The molecule has 1 unspecified atom stereocenters. The molecule has 1 N–H and O–H groups in total. The Balaban J connectivity index is 2.00. The van der Waals surface area contributed by atoms with E-state index in [0.29, 0.717) is 5.92 Å². The third-order valence-electron chi connectivity index (χ3n) is 4.84. The zero-order valence-corrected chi connectivity index (χ0v) is 17.9. The van der Waals surface area contributed by atoms with Crippen LogP contribution in [0.2, 0.25) is 0 Å².